The highest BCUT2D eigenvalue weighted by Gasteiger charge is 2.32. The first-order chi connectivity index (χ1) is 29.5. The van der Waals surface area contributed by atoms with Crippen LogP contribution in [-0.4, -0.2) is 121 Å². The van der Waals surface area contributed by atoms with Crippen LogP contribution in [0.25, 0.3) is 16.7 Å². The Balaban J connectivity index is 0.768. The van der Waals surface area contributed by atoms with Crippen molar-refractivity contribution in [2.75, 3.05) is 69.9 Å². The number of hydrogen-bond donors (Lipinski definition) is 3. The summed E-state index contributed by atoms with van der Waals surface area (Å²) in [5.41, 5.74) is 2.45. The summed E-state index contributed by atoms with van der Waals surface area (Å²) in [5, 5.41) is 24.2. The number of para-hydroxylation sites is 1. The summed E-state index contributed by atoms with van der Waals surface area (Å²) < 4.78 is 46.2. The largest absolute Gasteiger partial charge is 0.381 e. The molecule has 1 saturated carbocycles. The van der Waals surface area contributed by atoms with Crippen LogP contribution in [0.5, 0.6) is 0 Å². The minimum Gasteiger partial charge on any atom is -0.381 e. The van der Waals surface area contributed by atoms with Crippen molar-refractivity contribution >= 4 is 40.0 Å². The van der Waals surface area contributed by atoms with Gasteiger partial charge in [-0.05, 0) is 82.0 Å². The van der Waals surface area contributed by atoms with Crippen molar-refractivity contribution in [3.8, 4) is 0 Å². The highest BCUT2D eigenvalue weighted by molar-refractivity contribution is 6.08. The number of anilines is 2. The third kappa shape index (κ3) is 9.34. The lowest BCUT2D eigenvalue weighted by Crippen LogP contribution is -2.47. The van der Waals surface area contributed by atoms with E-state index in [1.165, 1.54) is 16.9 Å². The number of ether oxygens (including phenoxy) is 2. The van der Waals surface area contributed by atoms with Gasteiger partial charge in [-0.3, -0.25) is 23.4 Å². The SMILES string of the molecule is CN(CCCOCCCc1cccc2c1n(C)c(=O)n2C1CCC(=O)NC1O)C[C@H]1CC[C@H](n2cc(NC(=O)c3cnn4ccc(N5CCOCC5)nc34)c(C(F)F)n2)CC1. The van der Waals surface area contributed by atoms with Gasteiger partial charge in [-0.2, -0.15) is 10.2 Å². The fourth-order valence-electron chi connectivity index (χ4n) is 9.14. The van der Waals surface area contributed by atoms with E-state index in [0.717, 1.165) is 74.6 Å². The highest BCUT2D eigenvalue weighted by atomic mass is 19.3. The molecular weight excluding hydrogens is 793 g/mol. The van der Waals surface area contributed by atoms with Crippen LogP contribution >= 0.6 is 0 Å². The molecule has 2 atom stereocenters. The number of nitrogens with zero attached hydrogens (tertiary/aromatic N) is 9. The second-order valence-corrected chi connectivity index (χ2v) is 16.5. The van der Waals surface area contributed by atoms with E-state index in [0.29, 0.717) is 63.3 Å². The quantitative estimate of drug-likeness (QED) is 0.122. The number of nitrogens with one attached hydrogen (secondary N) is 2. The average Bonchev–Trinajstić information content (AvgIpc) is 3.95. The Bertz CT molecular complexity index is 2380. The molecule has 0 bridgehead atoms. The van der Waals surface area contributed by atoms with Gasteiger partial charge in [-0.25, -0.2) is 23.1 Å². The molecule has 61 heavy (non-hydrogen) atoms. The minimum absolute atomic E-state index is 0.0124. The maximum absolute atomic E-state index is 14.2. The number of benzene rings is 1. The molecule has 8 rings (SSSR count). The molecule has 3 fully saturated rings. The highest BCUT2D eigenvalue weighted by Crippen LogP contribution is 2.35. The molecule has 2 amide bonds. The number of aliphatic hydroxyl groups is 1. The molecular formula is C42H55F2N11O6. The second kappa shape index (κ2) is 18.8. The molecule has 1 aliphatic carbocycles. The van der Waals surface area contributed by atoms with Crippen molar-refractivity contribution in [2.24, 2.45) is 13.0 Å². The zero-order valence-corrected chi connectivity index (χ0v) is 34.7. The van der Waals surface area contributed by atoms with E-state index < -0.39 is 30.3 Å². The predicted molar refractivity (Wildman–Crippen MR) is 223 cm³/mol. The fourth-order valence-corrected chi connectivity index (χ4v) is 9.14. The summed E-state index contributed by atoms with van der Waals surface area (Å²) in [6.07, 6.45) is 7.22. The zero-order chi connectivity index (χ0) is 42.6. The van der Waals surface area contributed by atoms with Crippen molar-refractivity contribution < 1.29 is 33.0 Å². The number of hydrogen-bond acceptors (Lipinski definition) is 11. The molecule has 4 aromatic heterocycles. The Morgan fingerprint density at radius 1 is 1.10 bits per heavy atom. The number of imidazole rings is 1. The van der Waals surface area contributed by atoms with Gasteiger partial charge in [-0.15, -0.1) is 0 Å². The molecule has 5 aromatic rings. The molecule has 3 aliphatic rings. The Morgan fingerprint density at radius 2 is 1.89 bits per heavy atom. The third-order valence-electron chi connectivity index (χ3n) is 12.3. The van der Waals surface area contributed by atoms with Gasteiger partial charge >= 0.3 is 5.69 Å². The molecule has 3 N–H and O–H groups in total. The molecule has 0 radical (unpaired) electrons. The van der Waals surface area contributed by atoms with Gasteiger partial charge in [0.05, 0.1) is 48.2 Å². The average molecular weight is 848 g/mol. The predicted octanol–water partition coefficient (Wildman–Crippen LogP) is 4.08. The molecule has 2 saturated heterocycles. The van der Waals surface area contributed by atoms with Crippen LogP contribution in [0.15, 0.2) is 47.7 Å². The number of morpholine rings is 1. The lowest BCUT2D eigenvalue weighted by atomic mass is 9.86. The summed E-state index contributed by atoms with van der Waals surface area (Å²) in [6, 6.07) is 7.09. The maximum Gasteiger partial charge on any atom is 0.329 e. The Labute approximate surface area is 351 Å². The lowest BCUT2D eigenvalue weighted by Gasteiger charge is -2.31. The van der Waals surface area contributed by atoms with Crippen molar-refractivity contribution in [3.05, 3.63) is 70.2 Å². The van der Waals surface area contributed by atoms with Gasteiger partial charge in [0, 0.05) is 65.3 Å². The van der Waals surface area contributed by atoms with Crippen LogP contribution in [0.3, 0.4) is 0 Å². The van der Waals surface area contributed by atoms with Crippen LogP contribution in [0.2, 0.25) is 0 Å². The van der Waals surface area contributed by atoms with Gasteiger partial charge in [0.15, 0.2) is 11.3 Å². The van der Waals surface area contributed by atoms with Crippen LogP contribution in [-0.2, 0) is 27.7 Å². The van der Waals surface area contributed by atoms with Crippen LogP contribution in [0, 0.1) is 5.92 Å². The maximum atomic E-state index is 14.2. The number of amides is 2. The number of alkyl halides is 2. The molecule has 328 valence electrons. The summed E-state index contributed by atoms with van der Waals surface area (Å²) in [5.74, 6) is 0.374. The molecule has 1 aromatic carbocycles. The summed E-state index contributed by atoms with van der Waals surface area (Å²) in [4.78, 5) is 47.5. The summed E-state index contributed by atoms with van der Waals surface area (Å²) in [7, 11) is 3.86. The zero-order valence-electron chi connectivity index (χ0n) is 34.7. The fraction of sp³-hybridized carbons (Fsp3) is 0.571. The number of fused-ring (bicyclic) bond motifs is 2. The van der Waals surface area contributed by atoms with Crippen LogP contribution in [0.4, 0.5) is 20.3 Å². The van der Waals surface area contributed by atoms with E-state index in [4.69, 9.17) is 9.47 Å². The van der Waals surface area contributed by atoms with E-state index >= 15 is 0 Å². The van der Waals surface area contributed by atoms with Crippen molar-refractivity contribution in [2.45, 2.75) is 82.5 Å². The first-order valence-corrected chi connectivity index (χ1v) is 21.3. The van der Waals surface area contributed by atoms with Crippen molar-refractivity contribution in [1.29, 1.82) is 0 Å². The van der Waals surface area contributed by atoms with Gasteiger partial charge in [-0.1, -0.05) is 12.1 Å². The normalized spacial score (nSPS) is 21.2. The van der Waals surface area contributed by atoms with E-state index in [1.807, 2.05) is 24.3 Å². The molecule has 2 unspecified atom stereocenters. The molecule has 0 spiro atoms. The smallest absolute Gasteiger partial charge is 0.329 e. The number of rotatable bonds is 16. The Morgan fingerprint density at radius 3 is 2.66 bits per heavy atom. The third-order valence-corrected chi connectivity index (χ3v) is 12.3. The Hall–Kier alpha value is -5.24. The van der Waals surface area contributed by atoms with Gasteiger partial charge in [0.2, 0.25) is 5.91 Å². The number of piperidine rings is 1. The number of carbonyl (C=O) groups is 2. The van der Waals surface area contributed by atoms with Gasteiger partial charge in [0.25, 0.3) is 12.3 Å². The summed E-state index contributed by atoms with van der Waals surface area (Å²) >= 11 is 0. The standard InChI is InChI=1S/C42H55F2N11O6/c1-50(16-5-21-60-20-4-7-28-6-3-8-32-37(28)51(2)42(59)55(32)33-13-14-35(56)48-41(33)58)25-27-9-11-29(12-10-27)54-26-31(36(49-54)38(43)44)46-40(57)30-24-45-53-17-15-34(47-39(30)53)52-18-22-61-23-19-52/h3,6,8,15,17,24,26-27,29,33,38,41,58H,4-5,7,9-14,16,18-23,25H2,1-2H3,(H,46,57)(H,48,56)/t27-,29-,33?,41?. The van der Waals surface area contributed by atoms with Crippen LogP contribution < -0.4 is 21.2 Å². The number of aromatic nitrogens is 7. The Kier molecular flexibility index (Phi) is 13.1. The van der Waals surface area contributed by atoms with E-state index in [2.05, 4.69) is 42.7 Å². The van der Waals surface area contributed by atoms with Crippen molar-refractivity contribution in [1.82, 2.24) is 43.7 Å². The number of aliphatic hydroxyl groups excluding tert-OH is 1. The number of halogens is 2. The number of carbonyl (C=O) groups excluding carboxylic acids is 2. The lowest BCUT2D eigenvalue weighted by molar-refractivity contribution is -0.128. The molecule has 6 heterocycles. The molecule has 17 nitrogen and oxygen atoms in total. The van der Waals surface area contributed by atoms with Crippen molar-refractivity contribution in [3.63, 3.8) is 0 Å². The molecule has 2 aliphatic heterocycles. The van der Waals surface area contributed by atoms with E-state index in [1.54, 1.807) is 27.1 Å². The topological polar surface area (TPSA) is 178 Å². The van der Waals surface area contributed by atoms with Crippen LogP contribution in [0.1, 0.15) is 91.5 Å². The number of aryl methyl sites for hydroxylation is 2. The molecule has 19 heteroatoms. The van der Waals surface area contributed by atoms with Gasteiger partial charge < -0.3 is 35.0 Å². The first-order valence-electron chi connectivity index (χ1n) is 21.3. The first kappa shape index (κ1) is 42.5. The monoisotopic (exact) mass is 847 g/mol. The van der Waals surface area contributed by atoms with E-state index in [-0.39, 0.29) is 35.3 Å². The minimum atomic E-state index is -2.86. The second-order valence-electron chi connectivity index (χ2n) is 16.5. The summed E-state index contributed by atoms with van der Waals surface area (Å²) in [6.45, 7) is 5.57. The van der Waals surface area contributed by atoms with Gasteiger partial charge in [0.1, 0.15) is 17.6 Å². The van der Waals surface area contributed by atoms with E-state index in [9.17, 15) is 28.3 Å².